The average molecular weight is 406 g/mol. The zero-order valence-electron chi connectivity index (χ0n) is 15.4. The topological polar surface area (TPSA) is 114 Å². The Kier molecular flexibility index (Phi) is 5.67. The maximum absolute atomic E-state index is 13.2. The number of allylic oxidation sites excluding steroid dienone is 1. The van der Waals surface area contributed by atoms with E-state index in [2.05, 4.69) is 25.9 Å². The zero-order chi connectivity index (χ0) is 21.0. The highest BCUT2D eigenvalue weighted by Crippen LogP contribution is 2.36. The molecule has 0 atom stereocenters. The molecule has 0 radical (unpaired) electrons. The largest absolute Gasteiger partial charge is 0.416 e. The second-order valence-electron chi connectivity index (χ2n) is 6.27. The van der Waals surface area contributed by atoms with Crippen LogP contribution in [0.15, 0.2) is 24.4 Å². The Bertz CT molecular complexity index is 941. The fourth-order valence-corrected chi connectivity index (χ4v) is 2.94. The summed E-state index contributed by atoms with van der Waals surface area (Å²) in [7, 11) is 0. The van der Waals surface area contributed by atoms with Gasteiger partial charge in [0.15, 0.2) is 0 Å². The predicted octanol–water partition coefficient (Wildman–Crippen LogP) is 1.86. The quantitative estimate of drug-likeness (QED) is 0.745. The van der Waals surface area contributed by atoms with Gasteiger partial charge in [-0.3, -0.25) is 4.79 Å². The number of alkyl halides is 3. The van der Waals surface area contributed by atoms with Crippen LogP contribution in [0.3, 0.4) is 0 Å². The molecule has 0 saturated carbocycles. The summed E-state index contributed by atoms with van der Waals surface area (Å²) < 4.78 is 39.6. The number of halogens is 3. The van der Waals surface area contributed by atoms with Crippen molar-refractivity contribution in [1.29, 1.82) is 5.26 Å². The molecular formula is C17H17F3N8O. The predicted molar refractivity (Wildman–Crippen MR) is 97.3 cm³/mol. The molecule has 0 spiro atoms. The van der Waals surface area contributed by atoms with Crippen molar-refractivity contribution in [2.24, 2.45) is 0 Å². The van der Waals surface area contributed by atoms with Gasteiger partial charge in [-0.15, -0.1) is 10.2 Å². The van der Waals surface area contributed by atoms with Crippen LogP contribution in [-0.4, -0.2) is 57.6 Å². The number of nitrogens with one attached hydrogen (secondary N) is 2. The summed E-state index contributed by atoms with van der Waals surface area (Å²) in [4.78, 5) is 15.1. The molecular weight excluding hydrogens is 389 g/mol. The van der Waals surface area contributed by atoms with Crippen molar-refractivity contribution in [1.82, 2.24) is 25.5 Å². The average Bonchev–Trinajstić information content (AvgIpc) is 3.22. The molecule has 29 heavy (non-hydrogen) atoms. The SMILES string of the molecule is CC(=O)N1CCN(c2ccc(C(F)(F)F)cc2NC=C(C#N)c2nn[nH]n2)CC1. The number of hydrogen-bond donors (Lipinski definition) is 2. The van der Waals surface area contributed by atoms with Gasteiger partial charge in [-0.05, 0) is 23.4 Å². The molecule has 0 aliphatic carbocycles. The number of H-pyrrole nitrogens is 1. The van der Waals surface area contributed by atoms with Crippen LogP contribution in [0.4, 0.5) is 24.5 Å². The molecule has 1 aliphatic rings. The minimum Gasteiger partial charge on any atom is -0.366 e. The fourth-order valence-electron chi connectivity index (χ4n) is 2.94. The highest BCUT2D eigenvalue weighted by molar-refractivity contribution is 5.78. The summed E-state index contributed by atoms with van der Waals surface area (Å²) >= 11 is 0. The van der Waals surface area contributed by atoms with Gasteiger partial charge in [0.05, 0.1) is 16.9 Å². The molecule has 3 rings (SSSR count). The zero-order valence-corrected chi connectivity index (χ0v) is 15.4. The Morgan fingerprint density at radius 1 is 1.31 bits per heavy atom. The molecule has 1 fully saturated rings. The number of carbonyl (C=O) groups excluding carboxylic acids is 1. The van der Waals surface area contributed by atoms with Crippen molar-refractivity contribution in [3.05, 3.63) is 35.8 Å². The number of aromatic nitrogens is 4. The minimum atomic E-state index is -4.52. The van der Waals surface area contributed by atoms with Gasteiger partial charge in [-0.1, -0.05) is 0 Å². The monoisotopic (exact) mass is 406 g/mol. The molecule has 1 aliphatic heterocycles. The number of tetrazole rings is 1. The summed E-state index contributed by atoms with van der Waals surface area (Å²) in [5, 5.41) is 25.0. The van der Waals surface area contributed by atoms with Crippen LogP contribution in [-0.2, 0) is 11.0 Å². The van der Waals surface area contributed by atoms with Gasteiger partial charge in [-0.25, -0.2) is 0 Å². The van der Waals surface area contributed by atoms with Crippen molar-refractivity contribution >= 4 is 22.9 Å². The number of aromatic amines is 1. The first-order valence-corrected chi connectivity index (χ1v) is 8.62. The molecule has 12 heteroatoms. The lowest BCUT2D eigenvalue weighted by Gasteiger charge is -2.36. The van der Waals surface area contributed by atoms with Gasteiger partial charge in [0.2, 0.25) is 11.7 Å². The van der Waals surface area contributed by atoms with Crippen molar-refractivity contribution in [2.75, 3.05) is 36.4 Å². The number of nitrogens with zero attached hydrogens (tertiary/aromatic N) is 6. The number of rotatable bonds is 4. The third-order valence-corrected chi connectivity index (χ3v) is 4.47. The lowest BCUT2D eigenvalue weighted by atomic mass is 10.1. The number of benzene rings is 1. The third-order valence-electron chi connectivity index (χ3n) is 4.47. The molecule has 152 valence electrons. The highest BCUT2D eigenvalue weighted by atomic mass is 19.4. The van der Waals surface area contributed by atoms with E-state index in [0.717, 1.165) is 12.1 Å². The van der Waals surface area contributed by atoms with E-state index in [0.29, 0.717) is 31.9 Å². The molecule has 2 N–H and O–H groups in total. The molecule has 1 saturated heterocycles. The van der Waals surface area contributed by atoms with Crippen LogP contribution in [0.25, 0.3) is 5.57 Å². The first-order chi connectivity index (χ1) is 13.8. The second-order valence-corrected chi connectivity index (χ2v) is 6.27. The van der Waals surface area contributed by atoms with Crippen LogP contribution in [0.5, 0.6) is 0 Å². The van der Waals surface area contributed by atoms with Gasteiger partial charge >= 0.3 is 6.18 Å². The van der Waals surface area contributed by atoms with Crippen LogP contribution in [0.2, 0.25) is 0 Å². The number of amides is 1. The van der Waals surface area contributed by atoms with E-state index in [1.165, 1.54) is 19.2 Å². The van der Waals surface area contributed by atoms with Crippen molar-refractivity contribution < 1.29 is 18.0 Å². The minimum absolute atomic E-state index is 0.00325. The van der Waals surface area contributed by atoms with E-state index >= 15 is 0 Å². The Morgan fingerprint density at radius 3 is 2.59 bits per heavy atom. The maximum Gasteiger partial charge on any atom is 0.416 e. The van der Waals surface area contributed by atoms with Crippen LogP contribution >= 0.6 is 0 Å². The summed E-state index contributed by atoms with van der Waals surface area (Å²) in [5.74, 6) is -0.0271. The normalized spacial score (nSPS) is 15.2. The van der Waals surface area contributed by atoms with Gasteiger partial charge in [0.1, 0.15) is 11.6 Å². The third kappa shape index (κ3) is 4.63. The van der Waals surface area contributed by atoms with E-state index in [1.807, 2.05) is 11.0 Å². The lowest BCUT2D eigenvalue weighted by Crippen LogP contribution is -2.48. The smallest absolute Gasteiger partial charge is 0.366 e. The molecule has 2 heterocycles. The van der Waals surface area contributed by atoms with Crippen LogP contribution in [0, 0.1) is 11.3 Å². The first-order valence-electron chi connectivity index (χ1n) is 8.62. The number of anilines is 2. The molecule has 1 aromatic carbocycles. The maximum atomic E-state index is 13.2. The van der Waals surface area contributed by atoms with E-state index < -0.39 is 11.7 Å². The van der Waals surface area contributed by atoms with Gasteiger partial charge in [0, 0.05) is 39.3 Å². The lowest BCUT2D eigenvalue weighted by molar-refractivity contribution is -0.137. The molecule has 1 amide bonds. The Labute approximate surface area is 163 Å². The molecule has 0 bridgehead atoms. The van der Waals surface area contributed by atoms with Crippen molar-refractivity contribution in [2.45, 2.75) is 13.1 Å². The first kappa shape index (κ1) is 20.1. The van der Waals surface area contributed by atoms with E-state index in [9.17, 15) is 23.2 Å². The van der Waals surface area contributed by atoms with Crippen LogP contribution < -0.4 is 10.2 Å². The van der Waals surface area contributed by atoms with E-state index in [1.54, 1.807) is 4.90 Å². The van der Waals surface area contributed by atoms with E-state index in [4.69, 9.17) is 0 Å². The number of piperazine rings is 1. The van der Waals surface area contributed by atoms with Crippen LogP contribution in [0.1, 0.15) is 18.3 Å². The van der Waals surface area contributed by atoms with Crippen molar-refractivity contribution in [3.8, 4) is 6.07 Å². The van der Waals surface area contributed by atoms with Gasteiger partial charge in [0.25, 0.3) is 0 Å². The van der Waals surface area contributed by atoms with E-state index in [-0.39, 0.29) is 23.0 Å². The summed E-state index contributed by atoms with van der Waals surface area (Å²) in [6.07, 6.45) is -3.28. The summed E-state index contributed by atoms with van der Waals surface area (Å²) in [6.45, 7) is 3.36. The molecule has 0 unspecified atom stereocenters. The molecule has 9 nitrogen and oxygen atoms in total. The molecule has 2 aromatic rings. The van der Waals surface area contributed by atoms with Crippen molar-refractivity contribution in [3.63, 3.8) is 0 Å². The number of hydrogen-bond acceptors (Lipinski definition) is 7. The number of nitriles is 1. The Balaban J connectivity index is 1.91. The second kappa shape index (κ2) is 8.17. The Morgan fingerprint density at radius 2 is 2.03 bits per heavy atom. The standard InChI is InChI=1S/C17H17F3N8O/c1-11(29)27-4-6-28(7-5-27)15-3-2-13(17(18,19)20)8-14(15)22-10-12(9-21)16-23-25-26-24-16/h2-3,8,10,22H,4-7H2,1H3,(H,23,24,25,26). The summed E-state index contributed by atoms with van der Waals surface area (Å²) in [6, 6.07) is 5.23. The summed E-state index contributed by atoms with van der Waals surface area (Å²) in [5.41, 5.74) is -0.115. The van der Waals surface area contributed by atoms with Gasteiger partial charge < -0.3 is 15.1 Å². The fraction of sp³-hybridized carbons (Fsp3) is 0.353. The number of carbonyl (C=O) groups is 1. The Hall–Kier alpha value is -3.62. The van der Waals surface area contributed by atoms with Gasteiger partial charge in [-0.2, -0.15) is 23.6 Å². The molecule has 1 aromatic heterocycles. The highest BCUT2D eigenvalue weighted by Gasteiger charge is 2.32.